The van der Waals surface area contributed by atoms with Crippen molar-refractivity contribution >= 4 is 74.1 Å². The topological polar surface area (TPSA) is 19.4 Å². The summed E-state index contributed by atoms with van der Waals surface area (Å²) in [7, 11) is 0. The molecule has 7 rings (SSSR count). The molecule has 0 N–H and O–H groups in total. The van der Waals surface area contributed by atoms with Gasteiger partial charge in [0, 0.05) is 52.1 Å². The fourth-order valence-corrected chi connectivity index (χ4v) is 14.9. The largest absolute Gasteiger partial charge is 0.308 e. The number of aryl methyl sites for hydroxylation is 2. The van der Waals surface area contributed by atoms with E-state index >= 15 is 0 Å². The number of hydrogen-bond acceptors (Lipinski definition) is 4. The van der Waals surface area contributed by atoms with Crippen LogP contribution in [0.15, 0.2) is 97.2 Å². The first-order valence-corrected chi connectivity index (χ1v) is 20.9. The molecule has 0 bridgehead atoms. The van der Waals surface area contributed by atoms with Gasteiger partial charge in [-0.25, -0.2) is 0 Å². The molecule has 0 radical (unpaired) electrons. The average molecular weight is 636 g/mol. The van der Waals surface area contributed by atoms with Crippen molar-refractivity contribution in [2.75, 3.05) is 24.7 Å². The first kappa shape index (κ1) is 28.8. The molecule has 43 heavy (non-hydrogen) atoms. The monoisotopic (exact) mass is 635 g/mol. The average Bonchev–Trinajstić information content (AvgIpc) is 3.02. The van der Waals surface area contributed by atoms with Crippen LogP contribution in [-0.4, -0.2) is 29.4 Å². The van der Waals surface area contributed by atoms with Gasteiger partial charge in [-0.1, -0.05) is 85.0 Å². The molecular weight excluding hydrogens is 600 g/mol. The molecule has 0 amide bonds. The molecule has 0 aliphatic carbocycles. The predicted molar refractivity (Wildman–Crippen MR) is 195 cm³/mol. The van der Waals surface area contributed by atoms with Crippen molar-refractivity contribution in [3.8, 4) is 22.4 Å². The number of nitrogens with zero attached hydrogens (tertiary/aromatic N) is 3. The lowest BCUT2D eigenvalue weighted by molar-refractivity contribution is 0.513. The summed E-state index contributed by atoms with van der Waals surface area (Å²) in [4.78, 5) is 7.12. The van der Waals surface area contributed by atoms with Crippen LogP contribution in [0.3, 0.4) is 0 Å². The number of hydrogen-bond donors (Lipinski definition) is 0. The summed E-state index contributed by atoms with van der Waals surface area (Å²) in [6.07, 6.45) is -0.532. The highest BCUT2D eigenvalue weighted by Crippen LogP contribution is 2.62. The second-order valence-corrected chi connectivity index (χ2v) is 20.9. The Balaban J connectivity index is 1.59. The fraction of sp³-hybridized carbons (Fsp3) is 0.194. The molecule has 3 heterocycles. The Kier molecular flexibility index (Phi) is 7.12. The Labute approximate surface area is 265 Å². The number of rotatable bonds is 5. The van der Waals surface area contributed by atoms with Crippen molar-refractivity contribution in [1.29, 1.82) is 0 Å². The minimum Gasteiger partial charge on any atom is -0.308 e. The zero-order chi connectivity index (χ0) is 30.1. The summed E-state index contributed by atoms with van der Waals surface area (Å²) < 4.78 is 2.55. The van der Waals surface area contributed by atoms with E-state index < -0.39 is 12.2 Å². The molecule has 2 aliphatic heterocycles. The first-order chi connectivity index (χ1) is 20.7. The maximum Gasteiger partial charge on any atom is 0.0751 e. The van der Waals surface area contributed by atoms with Gasteiger partial charge in [0.2, 0.25) is 0 Å². The summed E-state index contributed by atoms with van der Waals surface area (Å²) in [6.45, 7) is 12.9. The standard InChI is InChI=1S/C36H35N3P2S2/c1-6-38(7-2)41(43)33-20-25(4)15-17-31(33)39-30-16-14-24(3)19-32(30)40(5,42)34-22-28(23-35(41)36(34)39)26-11-10-12-27(21-26)29-13-8-9-18-37-29/h8-23H,6-7H2,1-5H3. The molecule has 7 heteroatoms. The first-order valence-electron chi connectivity index (χ1n) is 14.8. The second kappa shape index (κ2) is 10.6. The lowest BCUT2D eigenvalue weighted by Crippen LogP contribution is -2.45. The van der Waals surface area contributed by atoms with Crippen LogP contribution in [-0.2, 0) is 23.6 Å². The van der Waals surface area contributed by atoms with Gasteiger partial charge < -0.3 is 4.90 Å². The molecule has 0 saturated heterocycles. The molecule has 1 aromatic heterocycles. The van der Waals surface area contributed by atoms with Crippen LogP contribution < -0.4 is 26.1 Å². The molecule has 5 aromatic rings. The highest BCUT2D eigenvalue weighted by molar-refractivity contribution is 8.22. The second-order valence-electron chi connectivity index (χ2n) is 11.6. The van der Waals surface area contributed by atoms with Gasteiger partial charge in [0.1, 0.15) is 0 Å². The van der Waals surface area contributed by atoms with Crippen molar-refractivity contribution in [2.24, 2.45) is 0 Å². The Bertz CT molecular complexity index is 2020. The highest BCUT2D eigenvalue weighted by atomic mass is 32.4. The van der Waals surface area contributed by atoms with E-state index in [0.29, 0.717) is 0 Å². The molecule has 2 atom stereocenters. The molecule has 0 saturated carbocycles. The summed E-state index contributed by atoms with van der Waals surface area (Å²) in [6, 6.07) is 31.2. The maximum atomic E-state index is 7.01. The minimum absolute atomic E-state index is 0.894. The number of fused-ring (bicyclic) bond motifs is 4. The van der Waals surface area contributed by atoms with Gasteiger partial charge in [-0.05, 0) is 86.2 Å². The van der Waals surface area contributed by atoms with Gasteiger partial charge >= 0.3 is 0 Å². The normalized spacial score (nSPS) is 20.0. The third-order valence-corrected chi connectivity index (χ3v) is 17.9. The molecule has 0 fully saturated rings. The molecule has 3 nitrogen and oxygen atoms in total. The van der Waals surface area contributed by atoms with E-state index in [1.165, 1.54) is 55.0 Å². The van der Waals surface area contributed by atoms with Gasteiger partial charge in [-0.2, -0.15) is 0 Å². The van der Waals surface area contributed by atoms with Crippen molar-refractivity contribution in [2.45, 2.75) is 27.7 Å². The van der Waals surface area contributed by atoms with Crippen LogP contribution >= 0.6 is 12.2 Å². The predicted octanol–water partition coefficient (Wildman–Crippen LogP) is 7.88. The highest BCUT2D eigenvalue weighted by Gasteiger charge is 2.45. The smallest absolute Gasteiger partial charge is 0.0751 e. The third-order valence-electron chi connectivity index (χ3n) is 8.89. The molecule has 0 spiro atoms. The Hall–Kier alpha value is -2.91. The van der Waals surface area contributed by atoms with Gasteiger partial charge in [0.15, 0.2) is 0 Å². The van der Waals surface area contributed by atoms with E-state index in [9.17, 15) is 0 Å². The van der Waals surface area contributed by atoms with Gasteiger partial charge in [0.25, 0.3) is 0 Å². The third kappa shape index (κ3) is 4.36. The van der Waals surface area contributed by atoms with E-state index in [2.05, 4.69) is 128 Å². The van der Waals surface area contributed by atoms with Gasteiger partial charge in [-0.3, -0.25) is 9.65 Å². The number of benzene rings is 4. The zero-order valence-electron chi connectivity index (χ0n) is 25.2. The molecule has 216 valence electrons. The van der Waals surface area contributed by atoms with Crippen LogP contribution in [0.2, 0.25) is 0 Å². The zero-order valence-corrected chi connectivity index (χ0v) is 28.6. The van der Waals surface area contributed by atoms with E-state index in [1.54, 1.807) is 0 Å². The fourth-order valence-electron chi connectivity index (χ4n) is 6.73. The lowest BCUT2D eigenvalue weighted by Gasteiger charge is -2.48. The maximum absolute atomic E-state index is 7.01. The Morgan fingerprint density at radius 2 is 1.33 bits per heavy atom. The summed E-state index contributed by atoms with van der Waals surface area (Å²) >= 11 is 13.7. The molecule has 2 unspecified atom stereocenters. The molecule has 4 aromatic carbocycles. The number of pyridine rings is 1. The van der Waals surface area contributed by atoms with E-state index in [1.807, 2.05) is 18.3 Å². The summed E-state index contributed by atoms with van der Waals surface area (Å²) in [5, 5.41) is 5.10. The molecule has 2 aliphatic rings. The Morgan fingerprint density at radius 1 is 0.674 bits per heavy atom. The summed E-state index contributed by atoms with van der Waals surface area (Å²) in [5.41, 5.74) is 10.5. The quantitative estimate of drug-likeness (QED) is 0.183. The van der Waals surface area contributed by atoms with Crippen molar-refractivity contribution in [3.63, 3.8) is 0 Å². The van der Waals surface area contributed by atoms with E-state index in [0.717, 1.165) is 29.9 Å². The van der Waals surface area contributed by atoms with Crippen molar-refractivity contribution in [1.82, 2.24) is 9.65 Å². The SMILES string of the molecule is CCN(CC)P1(=S)c2cc(C)ccc2N2c3ccc(C)cc3P(C)(=S)c3cc(-c4cccc(-c5ccccn5)c4)cc1c32. The lowest BCUT2D eigenvalue weighted by atomic mass is 10.0. The number of aromatic nitrogens is 1. The van der Waals surface area contributed by atoms with Gasteiger partial charge in [-0.15, -0.1) is 0 Å². The molecular formula is C36H35N3P2S2. The van der Waals surface area contributed by atoms with E-state index in [4.69, 9.17) is 23.6 Å². The van der Waals surface area contributed by atoms with Crippen LogP contribution in [0, 0.1) is 13.8 Å². The Morgan fingerprint density at radius 3 is 2.00 bits per heavy atom. The number of anilines is 3. The summed E-state index contributed by atoms with van der Waals surface area (Å²) in [5.74, 6) is 0. The van der Waals surface area contributed by atoms with Crippen molar-refractivity contribution in [3.05, 3.63) is 108 Å². The van der Waals surface area contributed by atoms with Crippen LogP contribution in [0.4, 0.5) is 17.1 Å². The van der Waals surface area contributed by atoms with Crippen LogP contribution in [0.25, 0.3) is 22.4 Å². The van der Waals surface area contributed by atoms with Crippen LogP contribution in [0.5, 0.6) is 0 Å². The van der Waals surface area contributed by atoms with Crippen LogP contribution in [0.1, 0.15) is 25.0 Å². The van der Waals surface area contributed by atoms with Gasteiger partial charge in [0.05, 0.1) is 28.9 Å². The minimum atomic E-state index is -2.39. The van der Waals surface area contributed by atoms with Crippen molar-refractivity contribution < 1.29 is 0 Å². The van der Waals surface area contributed by atoms with E-state index in [-0.39, 0.29) is 0 Å².